The molecular formula is C17H18N4O3S. The van der Waals surface area contributed by atoms with E-state index in [0.717, 1.165) is 4.88 Å². The van der Waals surface area contributed by atoms with Crippen LogP contribution in [-0.2, 0) is 11.3 Å². The summed E-state index contributed by atoms with van der Waals surface area (Å²) in [5.74, 6) is 1.60. The Labute approximate surface area is 149 Å². The number of carbonyl (C=O) groups excluding carboxylic acids is 1. The van der Waals surface area contributed by atoms with E-state index in [2.05, 4.69) is 15.5 Å². The highest BCUT2D eigenvalue weighted by Crippen LogP contribution is 2.21. The van der Waals surface area contributed by atoms with Crippen LogP contribution in [0.1, 0.15) is 5.89 Å². The molecule has 0 unspecified atom stereocenters. The van der Waals surface area contributed by atoms with Gasteiger partial charge in [-0.25, -0.2) is 0 Å². The van der Waals surface area contributed by atoms with E-state index >= 15 is 0 Å². The van der Waals surface area contributed by atoms with Crippen molar-refractivity contribution in [2.75, 3.05) is 26.0 Å². The van der Waals surface area contributed by atoms with Crippen molar-refractivity contribution >= 4 is 22.9 Å². The van der Waals surface area contributed by atoms with Crippen LogP contribution in [0.2, 0.25) is 0 Å². The monoisotopic (exact) mass is 358 g/mol. The van der Waals surface area contributed by atoms with Gasteiger partial charge in [-0.05, 0) is 30.6 Å². The van der Waals surface area contributed by atoms with Crippen molar-refractivity contribution in [1.29, 1.82) is 0 Å². The fourth-order valence-electron chi connectivity index (χ4n) is 2.26. The first-order valence-corrected chi connectivity index (χ1v) is 8.51. The number of hydrogen-bond acceptors (Lipinski definition) is 7. The molecule has 2 aromatic heterocycles. The van der Waals surface area contributed by atoms with Crippen LogP contribution >= 0.6 is 11.3 Å². The molecule has 8 heteroatoms. The minimum absolute atomic E-state index is 0.131. The van der Waals surface area contributed by atoms with Crippen molar-refractivity contribution in [2.45, 2.75) is 6.54 Å². The molecule has 130 valence electrons. The number of nitrogens with zero attached hydrogens (tertiary/aromatic N) is 3. The van der Waals surface area contributed by atoms with Crippen LogP contribution in [0.25, 0.3) is 10.7 Å². The summed E-state index contributed by atoms with van der Waals surface area (Å²) < 4.78 is 10.4. The van der Waals surface area contributed by atoms with Crippen LogP contribution in [-0.4, -0.2) is 41.6 Å². The van der Waals surface area contributed by atoms with Crippen molar-refractivity contribution in [3.63, 3.8) is 0 Å². The average molecular weight is 358 g/mol. The molecule has 0 bridgehead atoms. The van der Waals surface area contributed by atoms with Gasteiger partial charge in [-0.2, -0.15) is 4.98 Å². The number of rotatable bonds is 7. The molecule has 3 rings (SSSR count). The van der Waals surface area contributed by atoms with Crippen LogP contribution in [0.5, 0.6) is 5.75 Å². The lowest BCUT2D eigenvalue weighted by atomic mass is 10.3. The topological polar surface area (TPSA) is 80.5 Å². The van der Waals surface area contributed by atoms with Gasteiger partial charge in [0.15, 0.2) is 0 Å². The number of benzene rings is 1. The van der Waals surface area contributed by atoms with E-state index in [0.29, 0.717) is 29.7 Å². The van der Waals surface area contributed by atoms with Gasteiger partial charge in [-0.3, -0.25) is 9.69 Å². The lowest BCUT2D eigenvalue weighted by molar-refractivity contribution is -0.117. The van der Waals surface area contributed by atoms with Gasteiger partial charge < -0.3 is 14.6 Å². The van der Waals surface area contributed by atoms with Crippen LogP contribution in [0.3, 0.4) is 0 Å². The predicted octanol–water partition coefficient (Wildman–Crippen LogP) is 2.88. The zero-order valence-corrected chi connectivity index (χ0v) is 14.7. The fraction of sp³-hybridized carbons (Fsp3) is 0.235. The van der Waals surface area contributed by atoms with E-state index in [1.54, 1.807) is 29.4 Å². The van der Waals surface area contributed by atoms with E-state index in [4.69, 9.17) is 9.26 Å². The molecule has 0 fully saturated rings. The Morgan fingerprint density at radius 2 is 2.24 bits per heavy atom. The Morgan fingerprint density at radius 3 is 3.00 bits per heavy atom. The Morgan fingerprint density at radius 1 is 1.36 bits per heavy atom. The summed E-state index contributed by atoms with van der Waals surface area (Å²) in [7, 11) is 3.41. The highest BCUT2D eigenvalue weighted by Gasteiger charge is 2.13. The van der Waals surface area contributed by atoms with Crippen molar-refractivity contribution in [2.24, 2.45) is 0 Å². The summed E-state index contributed by atoms with van der Waals surface area (Å²) in [6, 6.07) is 11.1. The van der Waals surface area contributed by atoms with Gasteiger partial charge in [-0.15, -0.1) is 11.3 Å². The molecule has 1 aromatic carbocycles. The number of hydrogen-bond donors (Lipinski definition) is 1. The van der Waals surface area contributed by atoms with E-state index in [1.807, 2.05) is 42.8 Å². The van der Waals surface area contributed by atoms with E-state index in [9.17, 15) is 4.79 Å². The number of carbonyl (C=O) groups is 1. The minimum atomic E-state index is -0.131. The van der Waals surface area contributed by atoms with Crippen LogP contribution in [0.15, 0.2) is 46.3 Å². The number of anilines is 1. The second-order valence-corrected chi connectivity index (χ2v) is 6.39. The summed E-state index contributed by atoms with van der Waals surface area (Å²) >= 11 is 1.55. The predicted molar refractivity (Wildman–Crippen MR) is 95.6 cm³/mol. The molecule has 0 radical (unpaired) electrons. The maximum absolute atomic E-state index is 12.1. The van der Waals surface area contributed by atoms with Crippen LogP contribution in [0, 0.1) is 0 Å². The lowest BCUT2D eigenvalue weighted by Gasteiger charge is -2.14. The highest BCUT2D eigenvalue weighted by molar-refractivity contribution is 7.13. The van der Waals surface area contributed by atoms with Gasteiger partial charge in [0.25, 0.3) is 0 Å². The van der Waals surface area contributed by atoms with Crippen LogP contribution < -0.4 is 10.1 Å². The van der Waals surface area contributed by atoms with Gasteiger partial charge in [0.2, 0.25) is 17.6 Å². The smallest absolute Gasteiger partial charge is 0.241 e. The number of aromatic nitrogens is 2. The third kappa shape index (κ3) is 4.65. The second kappa shape index (κ2) is 7.91. The normalized spacial score (nSPS) is 10.8. The summed E-state index contributed by atoms with van der Waals surface area (Å²) in [6.07, 6.45) is 0. The number of ether oxygens (including phenoxy) is 1. The standard InChI is InChI=1S/C17H18N4O3S/c1-21(10-15(22)18-12-5-3-6-13(9-12)23-2)11-16-19-17(20-24-16)14-7-4-8-25-14/h3-9H,10-11H2,1-2H3,(H,18,22). The Balaban J connectivity index is 1.53. The Hall–Kier alpha value is -2.71. The van der Waals surface area contributed by atoms with Gasteiger partial charge >= 0.3 is 0 Å². The van der Waals surface area contributed by atoms with Crippen LogP contribution in [0.4, 0.5) is 5.69 Å². The van der Waals surface area contributed by atoms with E-state index in [1.165, 1.54) is 0 Å². The second-order valence-electron chi connectivity index (χ2n) is 5.44. The lowest BCUT2D eigenvalue weighted by Crippen LogP contribution is -2.29. The highest BCUT2D eigenvalue weighted by atomic mass is 32.1. The molecule has 0 aliphatic rings. The van der Waals surface area contributed by atoms with E-state index < -0.39 is 0 Å². The minimum Gasteiger partial charge on any atom is -0.497 e. The first kappa shape index (κ1) is 17.1. The molecule has 2 heterocycles. The van der Waals surface area contributed by atoms with Gasteiger partial charge in [0.05, 0.1) is 25.1 Å². The average Bonchev–Trinajstić information content (AvgIpc) is 3.26. The first-order chi connectivity index (χ1) is 12.1. The molecule has 0 saturated carbocycles. The van der Waals surface area contributed by atoms with Crippen molar-refractivity contribution in [3.05, 3.63) is 47.7 Å². The molecular weight excluding hydrogens is 340 g/mol. The van der Waals surface area contributed by atoms with E-state index in [-0.39, 0.29) is 12.5 Å². The Kier molecular flexibility index (Phi) is 5.42. The summed E-state index contributed by atoms with van der Waals surface area (Å²) in [5.41, 5.74) is 0.690. The molecule has 1 N–H and O–H groups in total. The van der Waals surface area contributed by atoms with Gasteiger partial charge in [0.1, 0.15) is 5.75 Å². The molecule has 0 atom stereocenters. The largest absolute Gasteiger partial charge is 0.497 e. The summed E-state index contributed by atoms with van der Waals surface area (Å²) in [6.45, 7) is 0.595. The van der Waals surface area contributed by atoms with Gasteiger partial charge in [0, 0.05) is 11.8 Å². The van der Waals surface area contributed by atoms with Crippen molar-refractivity contribution in [3.8, 4) is 16.5 Å². The molecule has 25 heavy (non-hydrogen) atoms. The molecule has 0 aliphatic heterocycles. The molecule has 1 amide bonds. The van der Waals surface area contributed by atoms with Crippen molar-refractivity contribution in [1.82, 2.24) is 15.0 Å². The molecule has 0 aliphatic carbocycles. The number of amides is 1. The maximum atomic E-state index is 12.1. The molecule has 0 saturated heterocycles. The number of likely N-dealkylation sites (N-methyl/N-ethyl adjacent to an activating group) is 1. The summed E-state index contributed by atoms with van der Waals surface area (Å²) in [5, 5.41) is 8.75. The summed E-state index contributed by atoms with van der Waals surface area (Å²) in [4.78, 5) is 19.3. The SMILES string of the molecule is COc1cccc(NC(=O)CN(C)Cc2nc(-c3cccs3)no2)c1. The quantitative estimate of drug-likeness (QED) is 0.699. The number of thiophene rings is 1. The fourth-order valence-corrected chi connectivity index (χ4v) is 2.91. The third-order valence-corrected chi connectivity index (χ3v) is 4.25. The number of methoxy groups -OCH3 is 1. The zero-order chi connectivity index (χ0) is 17.6. The van der Waals surface area contributed by atoms with Crippen molar-refractivity contribution < 1.29 is 14.1 Å². The third-order valence-electron chi connectivity index (χ3n) is 3.38. The Bertz CT molecular complexity index is 832. The molecule has 3 aromatic rings. The molecule has 7 nitrogen and oxygen atoms in total. The zero-order valence-electron chi connectivity index (χ0n) is 13.9. The van der Waals surface area contributed by atoms with Gasteiger partial charge in [-0.1, -0.05) is 17.3 Å². The number of nitrogens with one attached hydrogen (secondary N) is 1. The first-order valence-electron chi connectivity index (χ1n) is 7.63. The maximum Gasteiger partial charge on any atom is 0.241 e. The molecule has 0 spiro atoms.